The Morgan fingerprint density at radius 2 is 2.16 bits per heavy atom. The summed E-state index contributed by atoms with van der Waals surface area (Å²) in [5, 5.41) is 1.61. The molecule has 2 rings (SSSR count). The maximum atomic E-state index is 12.5. The minimum Gasteiger partial charge on any atom is -0.385 e. The molecule has 0 N–H and O–H groups in total. The SMILES string of the molecule is [B]c1ccc2ccn(C(CC)CCOC)c(=O)c2c1. The van der Waals surface area contributed by atoms with E-state index < -0.39 is 0 Å². The maximum Gasteiger partial charge on any atom is 0.258 e. The lowest BCUT2D eigenvalue weighted by Crippen LogP contribution is -2.25. The molecule has 0 bridgehead atoms. The molecule has 0 aliphatic rings. The summed E-state index contributed by atoms with van der Waals surface area (Å²) in [5.41, 5.74) is 0.639. The lowest BCUT2D eigenvalue weighted by molar-refractivity contribution is 0.176. The molecule has 2 radical (unpaired) electrons. The highest BCUT2D eigenvalue weighted by molar-refractivity contribution is 6.33. The van der Waals surface area contributed by atoms with Crippen LogP contribution in [0.1, 0.15) is 25.8 Å². The van der Waals surface area contributed by atoms with E-state index in [2.05, 4.69) is 6.92 Å². The maximum absolute atomic E-state index is 12.5. The first kappa shape index (κ1) is 13.9. The van der Waals surface area contributed by atoms with Crippen LogP contribution in [0, 0.1) is 0 Å². The van der Waals surface area contributed by atoms with Crippen molar-refractivity contribution in [3.63, 3.8) is 0 Å². The molecule has 1 unspecified atom stereocenters. The van der Waals surface area contributed by atoms with Crippen molar-refractivity contribution in [3.05, 3.63) is 40.8 Å². The van der Waals surface area contributed by atoms with Crippen molar-refractivity contribution < 1.29 is 4.74 Å². The summed E-state index contributed by atoms with van der Waals surface area (Å²) in [6.45, 7) is 2.73. The van der Waals surface area contributed by atoms with Crippen molar-refractivity contribution >= 4 is 24.1 Å². The minimum atomic E-state index is 0.0211. The number of aromatic nitrogens is 1. The average molecular weight is 255 g/mol. The van der Waals surface area contributed by atoms with Gasteiger partial charge < -0.3 is 9.30 Å². The Labute approximate surface area is 114 Å². The second kappa shape index (κ2) is 6.07. The fourth-order valence-corrected chi connectivity index (χ4v) is 2.35. The molecule has 1 aromatic heterocycles. The monoisotopic (exact) mass is 255 g/mol. The van der Waals surface area contributed by atoms with Gasteiger partial charge in [-0.25, -0.2) is 0 Å². The summed E-state index contributed by atoms with van der Waals surface area (Å²) in [4.78, 5) is 12.5. The highest BCUT2D eigenvalue weighted by Gasteiger charge is 2.11. The quantitative estimate of drug-likeness (QED) is 0.762. The number of ether oxygens (including phenoxy) is 1. The van der Waals surface area contributed by atoms with Gasteiger partial charge in [-0.3, -0.25) is 4.79 Å². The van der Waals surface area contributed by atoms with Gasteiger partial charge >= 0.3 is 0 Å². The summed E-state index contributed by atoms with van der Waals surface area (Å²) < 4.78 is 6.90. The molecule has 0 fully saturated rings. The van der Waals surface area contributed by atoms with Gasteiger partial charge in [0, 0.05) is 31.3 Å². The Kier molecular flexibility index (Phi) is 4.43. The van der Waals surface area contributed by atoms with Gasteiger partial charge in [0.25, 0.3) is 5.56 Å². The third-order valence-corrected chi connectivity index (χ3v) is 3.48. The number of methoxy groups -OCH3 is 1. The molecule has 4 heteroatoms. The zero-order chi connectivity index (χ0) is 13.8. The Morgan fingerprint density at radius 3 is 2.84 bits per heavy atom. The predicted octanol–water partition coefficient (Wildman–Crippen LogP) is 1.78. The second-order valence-corrected chi connectivity index (χ2v) is 4.72. The summed E-state index contributed by atoms with van der Waals surface area (Å²) in [6, 6.07) is 7.57. The van der Waals surface area contributed by atoms with E-state index in [-0.39, 0.29) is 11.6 Å². The number of hydrogen-bond acceptors (Lipinski definition) is 2. The minimum absolute atomic E-state index is 0.0211. The average Bonchev–Trinajstić information content (AvgIpc) is 2.42. The summed E-state index contributed by atoms with van der Waals surface area (Å²) in [7, 11) is 7.44. The van der Waals surface area contributed by atoms with Crippen LogP contribution in [0.4, 0.5) is 0 Å². The van der Waals surface area contributed by atoms with Crippen LogP contribution in [0.3, 0.4) is 0 Å². The van der Waals surface area contributed by atoms with Gasteiger partial charge in [-0.15, -0.1) is 0 Å². The fraction of sp³-hybridized carbons (Fsp3) is 0.400. The van der Waals surface area contributed by atoms with Crippen LogP contribution in [0.25, 0.3) is 10.8 Å². The van der Waals surface area contributed by atoms with Gasteiger partial charge in [0.15, 0.2) is 0 Å². The van der Waals surface area contributed by atoms with E-state index in [1.165, 1.54) is 0 Å². The number of hydrogen-bond donors (Lipinski definition) is 0. The van der Waals surface area contributed by atoms with Crippen LogP contribution in [-0.2, 0) is 4.74 Å². The molecule has 3 nitrogen and oxygen atoms in total. The predicted molar refractivity (Wildman–Crippen MR) is 79.4 cm³/mol. The van der Waals surface area contributed by atoms with E-state index in [1.54, 1.807) is 17.7 Å². The number of nitrogens with zero attached hydrogens (tertiary/aromatic N) is 1. The number of rotatable bonds is 5. The molecule has 0 aliphatic heterocycles. The lowest BCUT2D eigenvalue weighted by atomic mass is 9.94. The second-order valence-electron chi connectivity index (χ2n) is 4.72. The van der Waals surface area contributed by atoms with E-state index in [4.69, 9.17) is 12.6 Å². The molecule has 1 atom stereocenters. The molecule has 0 saturated heterocycles. The van der Waals surface area contributed by atoms with Crippen molar-refractivity contribution in [1.82, 2.24) is 4.57 Å². The molecule has 0 spiro atoms. The van der Waals surface area contributed by atoms with Crippen LogP contribution in [-0.4, -0.2) is 26.1 Å². The number of benzene rings is 1. The molecule has 19 heavy (non-hydrogen) atoms. The van der Waals surface area contributed by atoms with Crippen LogP contribution in [0.2, 0.25) is 0 Å². The first-order valence-electron chi connectivity index (χ1n) is 6.56. The first-order valence-corrected chi connectivity index (χ1v) is 6.56. The molecule has 1 aromatic carbocycles. The van der Waals surface area contributed by atoms with Gasteiger partial charge in [0.05, 0.1) is 0 Å². The van der Waals surface area contributed by atoms with Crippen molar-refractivity contribution in [3.8, 4) is 0 Å². The van der Waals surface area contributed by atoms with E-state index in [1.807, 2.05) is 24.4 Å². The molecule has 0 amide bonds. The van der Waals surface area contributed by atoms with Crippen LogP contribution in [0.15, 0.2) is 35.3 Å². The van der Waals surface area contributed by atoms with Crippen molar-refractivity contribution in [2.24, 2.45) is 0 Å². The van der Waals surface area contributed by atoms with Gasteiger partial charge in [-0.2, -0.15) is 0 Å². The highest BCUT2D eigenvalue weighted by atomic mass is 16.5. The number of fused-ring (bicyclic) bond motifs is 1. The zero-order valence-electron chi connectivity index (χ0n) is 11.4. The largest absolute Gasteiger partial charge is 0.385 e. The van der Waals surface area contributed by atoms with Gasteiger partial charge in [-0.1, -0.05) is 30.6 Å². The number of pyridine rings is 1. The van der Waals surface area contributed by atoms with Crippen LogP contribution < -0.4 is 11.0 Å². The summed E-state index contributed by atoms with van der Waals surface area (Å²) in [6.07, 6.45) is 3.60. The summed E-state index contributed by atoms with van der Waals surface area (Å²) in [5.74, 6) is 0. The summed E-state index contributed by atoms with van der Waals surface area (Å²) >= 11 is 0. The molecule has 98 valence electrons. The van der Waals surface area contributed by atoms with E-state index in [0.717, 1.165) is 18.2 Å². The Hall–Kier alpha value is -1.55. The highest BCUT2D eigenvalue weighted by Crippen LogP contribution is 2.16. The standard InChI is InChI=1S/C15H18BNO2/c1-3-13(7-9-19-2)17-8-6-11-4-5-12(16)10-14(11)15(17)18/h4-6,8,10,13H,3,7,9H2,1-2H3. The van der Waals surface area contributed by atoms with Crippen molar-refractivity contribution in [1.29, 1.82) is 0 Å². The molecular weight excluding hydrogens is 237 g/mol. The third kappa shape index (κ3) is 2.90. The molecule has 2 aromatic rings. The van der Waals surface area contributed by atoms with Crippen LogP contribution >= 0.6 is 0 Å². The zero-order valence-corrected chi connectivity index (χ0v) is 11.4. The van der Waals surface area contributed by atoms with E-state index in [0.29, 0.717) is 17.5 Å². The Bertz CT molecular complexity index is 621. The molecule has 0 aliphatic carbocycles. The fourth-order valence-electron chi connectivity index (χ4n) is 2.35. The lowest BCUT2D eigenvalue weighted by Gasteiger charge is -2.18. The molecule has 1 heterocycles. The Morgan fingerprint density at radius 1 is 1.37 bits per heavy atom. The van der Waals surface area contributed by atoms with Gasteiger partial charge in [0.1, 0.15) is 7.85 Å². The first-order chi connectivity index (χ1) is 9.17. The smallest absolute Gasteiger partial charge is 0.258 e. The van der Waals surface area contributed by atoms with E-state index in [9.17, 15) is 4.79 Å². The van der Waals surface area contributed by atoms with Crippen molar-refractivity contribution in [2.45, 2.75) is 25.8 Å². The van der Waals surface area contributed by atoms with E-state index >= 15 is 0 Å². The Balaban J connectivity index is 2.49. The third-order valence-electron chi connectivity index (χ3n) is 3.48. The van der Waals surface area contributed by atoms with Crippen LogP contribution in [0.5, 0.6) is 0 Å². The molecular formula is C15H18BNO2. The van der Waals surface area contributed by atoms with Crippen molar-refractivity contribution in [2.75, 3.05) is 13.7 Å². The normalized spacial score (nSPS) is 12.7. The van der Waals surface area contributed by atoms with Gasteiger partial charge in [0.2, 0.25) is 0 Å². The van der Waals surface area contributed by atoms with Gasteiger partial charge in [-0.05, 0) is 24.3 Å². The topological polar surface area (TPSA) is 31.2 Å². The molecule has 0 saturated carbocycles.